The summed E-state index contributed by atoms with van der Waals surface area (Å²) in [7, 11) is 1.25. The van der Waals surface area contributed by atoms with Crippen LogP contribution < -0.4 is 0 Å². The van der Waals surface area contributed by atoms with Gasteiger partial charge in [0.15, 0.2) is 0 Å². The van der Waals surface area contributed by atoms with Crippen molar-refractivity contribution in [3.63, 3.8) is 0 Å². The molecular weight excluding hydrogens is 160 g/mol. The van der Waals surface area contributed by atoms with Gasteiger partial charge in [-0.3, -0.25) is 4.79 Å². The van der Waals surface area contributed by atoms with Crippen LogP contribution in [-0.4, -0.2) is 35.5 Å². The number of hydrogen-bond acceptors (Lipinski definition) is 4. The van der Waals surface area contributed by atoms with Crippen LogP contribution in [-0.2, 0) is 9.53 Å². The molecule has 0 aromatic heterocycles. The minimum absolute atomic E-state index is 0.0958. The van der Waals surface area contributed by atoms with Gasteiger partial charge >= 0.3 is 5.97 Å². The first-order chi connectivity index (χ1) is 5.60. The molecule has 0 aromatic carbocycles. The average Bonchev–Trinajstić information content (AvgIpc) is 2.03. The normalized spacial score (nSPS) is 14.9. The fraction of sp³-hybridized carbons (Fsp3) is 0.625. The molecule has 0 aliphatic heterocycles. The third kappa shape index (κ3) is 4.87. The van der Waals surface area contributed by atoms with Crippen molar-refractivity contribution in [2.75, 3.05) is 7.11 Å². The van der Waals surface area contributed by atoms with Crippen LogP contribution in [0.5, 0.6) is 0 Å². The van der Waals surface area contributed by atoms with Crippen molar-refractivity contribution in [3.05, 3.63) is 12.7 Å². The zero-order chi connectivity index (χ0) is 9.56. The first-order valence-electron chi connectivity index (χ1n) is 3.65. The van der Waals surface area contributed by atoms with E-state index in [2.05, 4.69) is 11.3 Å². The minimum atomic E-state index is -0.870. The predicted octanol–water partition coefficient (Wildman–Crippen LogP) is -0.153. The minimum Gasteiger partial charge on any atom is -0.469 e. The molecular formula is C8H14O4. The molecule has 2 N–H and O–H groups in total. The summed E-state index contributed by atoms with van der Waals surface area (Å²) >= 11 is 0. The molecule has 2 atom stereocenters. The zero-order valence-corrected chi connectivity index (χ0v) is 7.06. The first-order valence-corrected chi connectivity index (χ1v) is 3.65. The van der Waals surface area contributed by atoms with Gasteiger partial charge in [0.05, 0.1) is 25.7 Å². The lowest BCUT2D eigenvalue weighted by atomic mass is 10.1. The van der Waals surface area contributed by atoms with Crippen molar-refractivity contribution < 1.29 is 19.7 Å². The van der Waals surface area contributed by atoms with Crippen molar-refractivity contribution in [3.8, 4) is 0 Å². The smallest absolute Gasteiger partial charge is 0.308 e. The highest BCUT2D eigenvalue weighted by Gasteiger charge is 2.13. The van der Waals surface area contributed by atoms with E-state index >= 15 is 0 Å². The Morgan fingerprint density at radius 3 is 2.67 bits per heavy atom. The van der Waals surface area contributed by atoms with E-state index in [4.69, 9.17) is 10.2 Å². The van der Waals surface area contributed by atoms with Crippen LogP contribution in [0.15, 0.2) is 12.7 Å². The van der Waals surface area contributed by atoms with Gasteiger partial charge in [-0.05, 0) is 0 Å². The summed E-state index contributed by atoms with van der Waals surface area (Å²) in [6.07, 6.45) is -0.323. The molecule has 0 bridgehead atoms. The summed E-state index contributed by atoms with van der Waals surface area (Å²) in [5, 5.41) is 18.1. The first kappa shape index (κ1) is 11.1. The molecule has 0 amide bonds. The Labute approximate surface area is 71.5 Å². The maximum atomic E-state index is 10.6. The Kier molecular flexibility index (Phi) is 5.32. The molecule has 70 valence electrons. The third-order valence-corrected chi connectivity index (χ3v) is 1.42. The highest BCUT2D eigenvalue weighted by atomic mass is 16.5. The van der Waals surface area contributed by atoms with Crippen molar-refractivity contribution in [2.45, 2.75) is 25.0 Å². The van der Waals surface area contributed by atoms with Gasteiger partial charge in [-0.25, -0.2) is 0 Å². The number of esters is 1. The van der Waals surface area contributed by atoms with Crippen LogP contribution >= 0.6 is 0 Å². The number of aliphatic hydroxyl groups is 2. The second-order valence-corrected chi connectivity index (χ2v) is 2.47. The molecule has 4 heteroatoms. The van der Waals surface area contributed by atoms with E-state index in [-0.39, 0.29) is 12.8 Å². The fourth-order valence-corrected chi connectivity index (χ4v) is 0.734. The summed E-state index contributed by atoms with van der Waals surface area (Å²) in [5.41, 5.74) is 0. The van der Waals surface area contributed by atoms with Crippen LogP contribution in [0, 0.1) is 0 Å². The molecule has 0 radical (unpaired) electrons. The quantitative estimate of drug-likeness (QED) is 0.449. The van der Waals surface area contributed by atoms with Crippen molar-refractivity contribution >= 4 is 5.97 Å². The summed E-state index contributed by atoms with van der Waals surface area (Å²) < 4.78 is 4.33. The van der Waals surface area contributed by atoms with Gasteiger partial charge < -0.3 is 14.9 Å². The third-order valence-electron chi connectivity index (χ3n) is 1.42. The summed E-state index contributed by atoms with van der Waals surface area (Å²) in [6.45, 7) is 3.34. The Morgan fingerprint density at radius 2 is 2.25 bits per heavy atom. The molecule has 0 saturated carbocycles. The topological polar surface area (TPSA) is 66.8 Å². The summed E-state index contributed by atoms with van der Waals surface area (Å²) in [5.74, 6) is -0.487. The second kappa shape index (κ2) is 5.74. The highest BCUT2D eigenvalue weighted by Crippen LogP contribution is 2.03. The molecule has 12 heavy (non-hydrogen) atoms. The van der Waals surface area contributed by atoms with Gasteiger partial charge in [-0.1, -0.05) is 6.08 Å². The SMILES string of the molecule is C=C[C@@H](O)C[C@@H](O)CC(=O)OC. The lowest BCUT2D eigenvalue weighted by Crippen LogP contribution is -2.19. The molecule has 0 spiro atoms. The Balaban J connectivity index is 3.65. The van der Waals surface area contributed by atoms with Crippen molar-refractivity contribution in [1.82, 2.24) is 0 Å². The van der Waals surface area contributed by atoms with Gasteiger partial charge in [-0.2, -0.15) is 0 Å². The predicted molar refractivity (Wildman–Crippen MR) is 43.5 cm³/mol. The Morgan fingerprint density at radius 1 is 1.67 bits per heavy atom. The number of methoxy groups -OCH3 is 1. The molecule has 0 rings (SSSR count). The van der Waals surface area contributed by atoms with Gasteiger partial charge in [0.2, 0.25) is 0 Å². The standard InChI is InChI=1S/C8H14O4/c1-3-6(9)4-7(10)5-8(11)12-2/h3,6-7,9-10H,1,4-5H2,2H3/t6-,7-/m1/s1. The summed E-state index contributed by atoms with van der Waals surface area (Å²) in [6, 6.07) is 0. The molecule has 0 aliphatic rings. The van der Waals surface area contributed by atoms with Gasteiger partial charge in [-0.15, -0.1) is 6.58 Å². The van der Waals surface area contributed by atoms with Gasteiger partial charge in [0.1, 0.15) is 0 Å². The van der Waals surface area contributed by atoms with Crippen LogP contribution in [0.4, 0.5) is 0 Å². The molecule has 0 fully saturated rings. The maximum Gasteiger partial charge on any atom is 0.308 e. The maximum absolute atomic E-state index is 10.6. The largest absolute Gasteiger partial charge is 0.469 e. The Hall–Kier alpha value is -0.870. The average molecular weight is 174 g/mol. The molecule has 0 saturated heterocycles. The van der Waals surface area contributed by atoms with Crippen LogP contribution in [0.2, 0.25) is 0 Å². The van der Waals surface area contributed by atoms with E-state index in [0.29, 0.717) is 0 Å². The van der Waals surface area contributed by atoms with Crippen LogP contribution in [0.1, 0.15) is 12.8 Å². The van der Waals surface area contributed by atoms with Crippen LogP contribution in [0.25, 0.3) is 0 Å². The van der Waals surface area contributed by atoms with Crippen LogP contribution in [0.3, 0.4) is 0 Å². The van der Waals surface area contributed by atoms with Crippen molar-refractivity contribution in [2.24, 2.45) is 0 Å². The monoisotopic (exact) mass is 174 g/mol. The zero-order valence-electron chi connectivity index (χ0n) is 7.06. The fourth-order valence-electron chi connectivity index (χ4n) is 0.734. The number of rotatable bonds is 5. The van der Waals surface area contributed by atoms with E-state index < -0.39 is 18.2 Å². The van der Waals surface area contributed by atoms with E-state index in [1.165, 1.54) is 13.2 Å². The molecule has 4 nitrogen and oxygen atoms in total. The van der Waals surface area contributed by atoms with E-state index in [1.807, 2.05) is 0 Å². The lowest BCUT2D eigenvalue weighted by molar-refractivity contribution is -0.143. The number of ether oxygens (including phenoxy) is 1. The Bertz CT molecular complexity index is 155. The number of hydrogen-bond donors (Lipinski definition) is 2. The lowest BCUT2D eigenvalue weighted by Gasteiger charge is -2.10. The van der Waals surface area contributed by atoms with E-state index in [1.54, 1.807) is 0 Å². The van der Waals surface area contributed by atoms with E-state index in [9.17, 15) is 4.79 Å². The molecule has 0 aromatic rings. The summed E-state index contributed by atoms with van der Waals surface area (Å²) in [4.78, 5) is 10.6. The molecule has 0 heterocycles. The molecule has 0 aliphatic carbocycles. The number of carbonyl (C=O) groups excluding carboxylic acids is 1. The number of aliphatic hydroxyl groups excluding tert-OH is 2. The number of carbonyl (C=O) groups is 1. The molecule has 0 unspecified atom stereocenters. The van der Waals surface area contributed by atoms with Gasteiger partial charge in [0, 0.05) is 6.42 Å². The van der Waals surface area contributed by atoms with Crippen molar-refractivity contribution in [1.29, 1.82) is 0 Å². The second-order valence-electron chi connectivity index (χ2n) is 2.47. The van der Waals surface area contributed by atoms with Gasteiger partial charge in [0.25, 0.3) is 0 Å². The highest BCUT2D eigenvalue weighted by molar-refractivity contribution is 5.69. The van der Waals surface area contributed by atoms with E-state index in [0.717, 1.165) is 0 Å².